The van der Waals surface area contributed by atoms with Gasteiger partial charge in [-0.15, -0.1) is 0 Å². The number of carbonyl (C=O) groups is 2. The van der Waals surface area contributed by atoms with Gasteiger partial charge in [-0.3, -0.25) is 9.59 Å². The molecule has 0 radical (unpaired) electrons. The minimum Gasteiger partial charge on any atom is -0.497 e. The Bertz CT molecular complexity index is 822. The molecule has 2 amide bonds. The molecule has 5 heteroatoms. The normalized spacial score (nSPS) is 14.8. The molecule has 1 saturated heterocycles. The molecule has 0 saturated carbocycles. The fraction of sp³-hybridized carbons (Fsp3) is 0.391. The van der Waals surface area contributed by atoms with E-state index in [2.05, 4.69) is 25.2 Å². The Kier molecular flexibility index (Phi) is 6.34. The van der Waals surface area contributed by atoms with E-state index in [1.807, 2.05) is 23.1 Å². The average Bonchev–Trinajstić information content (AvgIpc) is 2.73. The summed E-state index contributed by atoms with van der Waals surface area (Å²) in [6.07, 6.45) is 1.36. The van der Waals surface area contributed by atoms with Gasteiger partial charge in [0.1, 0.15) is 5.75 Å². The maximum absolute atomic E-state index is 12.7. The third-order valence-corrected chi connectivity index (χ3v) is 5.33. The van der Waals surface area contributed by atoms with Crippen LogP contribution >= 0.6 is 0 Å². The van der Waals surface area contributed by atoms with Crippen LogP contribution in [0.1, 0.15) is 48.5 Å². The molecule has 0 bridgehead atoms. The number of nitrogens with zero attached hydrogens (tertiary/aromatic N) is 1. The van der Waals surface area contributed by atoms with Gasteiger partial charge in [0.05, 0.1) is 7.11 Å². The number of likely N-dealkylation sites (tertiary alicyclic amines) is 1. The third-order valence-electron chi connectivity index (χ3n) is 5.33. The van der Waals surface area contributed by atoms with Crippen molar-refractivity contribution in [1.29, 1.82) is 0 Å². The van der Waals surface area contributed by atoms with Crippen LogP contribution in [0, 0.1) is 5.92 Å². The average molecular weight is 380 g/mol. The second-order valence-electron chi connectivity index (χ2n) is 7.53. The molecule has 1 heterocycles. The van der Waals surface area contributed by atoms with Crippen LogP contribution in [0.5, 0.6) is 5.75 Å². The number of amides is 2. The number of hydrogen-bond donors (Lipinski definition) is 1. The van der Waals surface area contributed by atoms with Gasteiger partial charge in [-0.05, 0) is 54.7 Å². The molecule has 0 spiro atoms. The Balaban J connectivity index is 1.57. The lowest BCUT2D eigenvalue weighted by molar-refractivity contribution is -0.121. The summed E-state index contributed by atoms with van der Waals surface area (Å²) in [4.78, 5) is 27.2. The SMILES string of the molecule is COc1ccc(C(=O)N2CCC(C(=O)Nc3ccccc3C(C)C)CC2)cc1. The molecule has 0 unspecified atom stereocenters. The Hall–Kier alpha value is -2.82. The Morgan fingerprint density at radius 3 is 2.29 bits per heavy atom. The first kappa shape index (κ1) is 19.9. The van der Waals surface area contributed by atoms with Crippen molar-refractivity contribution in [3.05, 3.63) is 59.7 Å². The first-order valence-electron chi connectivity index (χ1n) is 9.82. The quantitative estimate of drug-likeness (QED) is 0.841. The van der Waals surface area contributed by atoms with Crippen LogP contribution in [-0.2, 0) is 4.79 Å². The zero-order chi connectivity index (χ0) is 20.1. The Labute approximate surface area is 166 Å². The first-order valence-corrected chi connectivity index (χ1v) is 9.82. The predicted octanol–water partition coefficient (Wildman–Crippen LogP) is 4.31. The topological polar surface area (TPSA) is 58.6 Å². The molecule has 2 aromatic carbocycles. The highest BCUT2D eigenvalue weighted by atomic mass is 16.5. The Morgan fingerprint density at radius 2 is 1.68 bits per heavy atom. The van der Waals surface area contributed by atoms with E-state index >= 15 is 0 Å². The third kappa shape index (κ3) is 4.53. The lowest BCUT2D eigenvalue weighted by atomic mass is 9.94. The maximum atomic E-state index is 12.7. The molecule has 28 heavy (non-hydrogen) atoms. The van der Waals surface area contributed by atoms with E-state index in [4.69, 9.17) is 4.74 Å². The van der Waals surface area contributed by atoms with E-state index in [1.54, 1.807) is 31.4 Å². The summed E-state index contributed by atoms with van der Waals surface area (Å²) in [7, 11) is 1.60. The second-order valence-corrected chi connectivity index (χ2v) is 7.53. The number of methoxy groups -OCH3 is 1. The van der Waals surface area contributed by atoms with Crippen LogP contribution in [0.4, 0.5) is 5.69 Å². The molecule has 0 atom stereocenters. The van der Waals surface area contributed by atoms with Gasteiger partial charge in [-0.1, -0.05) is 32.0 Å². The van der Waals surface area contributed by atoms with Gasteiger partial charge in [0, 0.05) is 30.3 Å². The Morgan fingerprint density at radius 1 is 1.04 bits per heavy atom. The zero-order valence-electron chi connectivity index (χ0n) is 16.8. The van der Waals surface area contributed by atoms with Crippen LogP contribution in [-0.4, -0.2) is 36.9 Å². The summed E-state index contributed by atoms with van der Waals surface area (Å²) in [6, 6.07) is 15.1. The molecule has 148 valence electrons. The van der Waals surface area contributed by atoms with E-state index in [1.165, 1.54) is 0 Å². The molecule has 3 rings (SSSR count). The highest BCUT2D eigenvalue weighted by molar-refractivity contribution is 5.95. The van der Waals surface area contributed by atoms with E-state index in [0.29, 0.717) is 37.4 Å². The van der Waals surface area contributed by atoms with Crippen LogP contribution in [0.15, 0.2) is 48.5 Å². The van der Waals surface area contributed by atoms with Crippen molar-refractivity contribution in [3.63, 3.8) is 0 Å². The molecule has 2 aromatic rings. The largest absolute Gasteiger partial charge is 0.497 e. The van der Waals surface area contributed by atoms with E-state index in [0.717, 1.165) is 17.0 Å². The monoisotopic (exact) mass is 380 g/mol. The molecule has 1 aliphatic rings. The number of carbonyl (C=O) groups excluding carboxylic acids is 2. The van der Waals surface area contributed by atoms with Crippen molar-refractivity contribution in [2.45, 2.75) is 32.6 Å². The summed E-state index contributed by atoms with van der Waals surface area (Å²) in [6.45, 7) is 5.42. The summed E-state index contributed by atoms with van der Waals surface area (Å²) >= 11 is 0. The van der Waals surface area contributed by atoms with Gasteiger partial charge in [0.2, 0.25) is 5.91 Å². The van der Waals surface area contributed by atoms with Crippen molar-refractivity contribution in [2.75, 3.05) is 25.5 Å². The molecular weight excluding hydrogens is 352 g/mol. The van der Waals surface area contributed by atoms with Crippen molar-refractivity contribution in [3.8, 4) is 5.75 Å². The maximum Gasteiger partial charge on any atom is 0.253 e. The van der Waals surface area contributed by atoms with E-state index in [-0.39, 0.29) is 17.7 Å². The van der Waals surface area contributed by atoms with Gasteiger partial charge in [-0.2, -0.15) is 0 Å². The second kappa shape index (κ2) is 8.91. The smallest absolute Gasteiger partial charge is 0.253 e. The number of nitrogens with one attached hydrogen (secondary N) is 1. The van der Waals surface area contributed by atoms with Gasteiger partial charge in [-0.25, -0.2) is 0 Å². The highest BCUT2D eigenvalue weighted by Gasteiger charge is 2.28. The molecule has 1 N–H and O–H groups in total. The van der Waals surface area contributed by atoms with Gasteiger partial charge in [0.25, 0.3) is 5.91 Å². The summed E-state index contributed by atoms with van der Waals surface area (Å²) in [5.74, 6) is 1.06. The van der Waals surface area contributed by atoms with Gasteiger partial charge < -0.3 is 15.0 Å². The van der Waals surface area contributed by atoms with Crippen molar-refractivity contribution < 1.29 is 14.3 Å². The number of para-hydroxylation sites is 1. The van der Waals surface area contributed by atoms with E-state index in [9.17, 15) is 9.59 Å². The van der Waals surface area contributed by atoms with Crippen LogP contribution in [0.25, 0.3) is 0 Å². The van der Waals surface area contributed by atoms with Gasteiger partial charge in [0.15, 0.2) is 0 Å². The highest BCUT2D eigenvalue weighted by Crippen LogP contribution is 2.26. The minimum atomic E-state index is -0.0693. The minimum absolute atomic E-state index is 0.00617. The number of ether oxygens (including phenoxy) is 1. The van der Waals surface area contributed by atoms with Crippen LogP contribution in [0.2, 0.25) is 0 Å². The number of benzene rings is 2. The number of piperidine rings is 1. The van der Waals surface area contributed by atoms with Crippen LogP contribution in [0.3, 0.4) is 0 Å². The summed E-state index contributed by atoms with van der Waals surface area (Å²) in [5, 5.41) is 3.09. The first-order chi connectivity index (χ1) is 13.5. The molecule has 1 aliphatic heterocycles. The predicted molar refractivity (Wildman–Crippen MR) is 111 cm³/mol. The number of rotatable bonds is 5. The van der Waals surface area contributed by atoms with Gasteiger partial charge >= 0.3 is 0 Å². The lowest BCUT2D eigenvalue weighted by Crippen LogP contribution is -2.41. The lowest BCUT2D eigenvalue weighted by Gasteiger charge is -2.31. The standard InChI is InChI=1S/C23H28N2O3/c1-16(2)20-6-4-5-7-21(20)24-22(26)17-12-14-25(15-13-17)23(27)18-8-10-19(28-3)11-9-18/h4-11,16-17H,12-15H2,1-3H3,(H,24,26). The number of anilines is 1. The molecular formula is C23H28N2O3. The number of hydrogen-bond acceptors (Lipinski definition) is 3. The van der Waals surface area contributed by atoms with Crippen molar-refractivity contribution >= 4 is 17.5 Å². The fourth-order valence-corrected chi connectivity index (χ4v) is 3.61. The molecule has 5 nitrogen and oxygen atoms in total. The van der Waals surface area contributed by atoms with Crippen molar-refractivity contribution in [2.24, 2.45) is 5.92 Å². The fourth-order valence-electron chi connectivity index (χ4n) is 3.61. The van der Waals surface area contributed by atoms with Crippen molar-refractivity contribution in [1.82, 2.24) is 4.90 Å². The van der Waals surface area contributed by atoms with E-state index < -0.39 is 0 Å². The molecule has 0 aromatic heterocycles. The zero-order valence-corrected chi connectivity index (χ0v) is 16.8. The molecule has 1 fully saturated rings. The molecule has 0 aliphatic carbocycles. The summed E-state index contributed by atoms with van der Waals surface area (Å²) < 4.78 is 5.14. The van der Waals surface area contributed by atoms with Crippen LogP contribution < -0.4 is 10.1 Å². The summed E-state index contributed by atoms with van der Waals surface area (Å²) in [5.41, 5.74) is 2.68.